The number of benzene rings is 1. The van der Waals surface area contributed by atoms with E-state index < -0.39 is 22.2 Å². The van der Waals surface area contributed by atoms with Gasteiger partial charge in [0.1, 0.15) is 0 Å². The van der Waals surface area contributed by atoms with Crippen molar-refractivity contribution in [1.29, 1.82) is 0 Å². The molecule has 146 valence electrons. The molecule has 0 aliphatic carbocycles. The fourth-order valence-electron chi connectivity index (χ4n) is 2.67. The zero-order chi connectivity index (χ0) is 20.0. The molecule has 1 unspecified atom stereocenters. The van der Waals surface area contributed by atoms with Crippen molar-refractivity contribution in [2.45, 2.75) is 32.2 Å². The van der Waals surface area contributed by atoms with Gasteiger partial charge in [-0.3, -0.25) is 9.78 Å². The molecule has 2 N–H and O–H groups in total. The Morgan fingerprint density at radius 1 is 1.22 bits per heavy atom. The van der Waals surface area contributed by atoms with E-state index in [-0.39, 0.29) is 6.42 Å². The van der Waals surface area contributed by atoms with Crippen molar-refractivity contribution in [2.75, 3.05) is 14.1 Å². The number of pyridine rings is 1. The first-order chi connectivity index (χ1) is 12.7. The topological polar surface area (TPSA) is 99.6 Å². The minimum absolute atomic E-state index is 0.0214. The predicted molar refractivity (Wildman–Crippen MR) is 104 cm³/mol. The number of nitrogens with zero attached hydrogens (tertiary/aromatic N) is 2. The molecule has 2 rings (SSSR count). The lowest BCUT2D eigenvalue weighted by atomic mass is 9.96. The predicted octanol–water partition coefficient (Wildman–Crippen LogP) is 2.15. The molecule has 0 saturated carbocycles. The van der Waals surface area contributed by atoms with Crippen LogP contribution in [-0.2, 0) is 27.8 Å². The van der Waals surface area contributed by atoms with Crippen LogP contribution in [0.2, 0.25) is 0 Å². The lowest BCUT2D eigenvalue weighted by Gasteiger charge is -2.20. The van der Waals surface area contributed by atoms with Crippen LogP contribution < -0.4 is 4.72 Å². The molecular weight excluding hydrogens is 366 g/mol. The molecule has 1 heterocycles. The Hall–Kier alpha value is -2.29. The van der Waals surface area contributed by atoms with E-state index in [1.807, 2.05) is 30.3 Å². The normalized spacial score (nSPS) is 12.9. The zero-order valence-corrected chi connectivity index (χ0v) is 16.5. The van der Waals surface area contributed by atoms with Gasteiger partial charge in [0.25, 0.3) is 10.2 Å². The summed E-state index contributed by atoms with van der Waals surface area (Å²) in [5, 5.41) is 8.97. The zero-order valence-electron chi connectivity index (χ0n) is 15.7. The summed E-state index contributed by atoms with van der Waals surface area (Å²) in [5.41, 5.74) is 3.67. The van der Waals surface area contributed by atoms with Gasteiger partial charge in [-0.1, -0.05) is 24.3 Å². The third kappa shape index (κ3) is 6.42. The number of rotatable bonds is 9. The molecule has 1 aromatic carbocycles. The van der Waals surface area contributed by atoms with Crippen LogP contribution >= 0.6 is 0 Å². The van der Waals surface area contributed by atoms with Gasteiger partial charge in [-0.25, -0.2) is 0 Å². The number of aromatic nitrogens is 1. The second kappa shape index (κ2) is 9.07. The van der Waals surface area contributed by atoms with Crippen LogP contribution in [-0.4, -0.2) is 42.9 Å². The first kappa shape index (κ1) is 21.0. The maximum Gasteiger partial charge on any atom is 0.303 e. The Morgan fingerprint density at radius 2 is 1.93 bits per heavy atom. The lowest BCUT2D eigenvalue weighted by Crippen LogP contribution is -2.37. The second-order valence-electron chi connectivity index (χ2n) is 6.64. The second-order valence-corrected chi connectivity index (χ2v) is 8.56. The van der Waals surface area contributed by atoms with Crippen molar-refractivity contribution in [3.63, 3.8) is 0 Å². The van der Waals surface area contributed by atoms with E-state index in [4.69, 9.17) is 5.11 Å². The summed E-state index contributed by atoms with van der Waals surface area (Å²) in [4.78, 5) is 15.0. The summed E-state index contributed by atoms with van der Waals surface area (Å²) in [5.74, 6) is -0.865. The van der Waals surface area contributed by atoms with Crippen LogP contribution in [0.1, 0.15) is 41.6 Å². The van der Waals surface area contributed by atoms with Gasteiger partial charge in [-0.05, 0) is 48.1 Å². The highest BCUT2D eigenvalue weighted by molar-refractivity contribution is 7.87. The van der Waals surface area contributed by atoms with Gasteiger partial charge < -0.3 is 5.11 Å². The first-order valence-corrected chi connectivity index (χ1v) is 10.0. The molecule has 0 radical (unpaired) electrons. The average Bonchev–Trinajstić information content (AvgIpc) is 2.60. The molecule has 7 nitrogen and oxygen atoms in total. The maximum absolute atomic E-state index is 12.1. The largest absolute Gasteiger partial charge is 0.481 e. The van der Waals surface area contributed by atoms with E-state index in [0.29, 0.717) is 12.8 Å². The number of carbonyl (C=O) groups is 1. The highest BCUT2D eigenvalue weighted by Gasteiger charge is 2.19. The number of carboxylic acids is 1. The van der Waals surface area contributed by atoms with Crippen molar-refractivity contribution in [2.24, 2.45) is 0 Å². The molecular formula is C19H25N3O4S. The summed E-state index contributed by atoms with van der Waals surface area (Å²) in [6.45, 7) is 1.77. The monoisotopic (exact) mass is 391 g/mol. The van der Waals surface area contributed by atoms with Crippen molar-refractivity contribution in [1.82, 2.24) is 14.0 Å². The minimum atomic E-state index is -3.58. The van der Waals surface area contributed by atoms with Gasteiger partial charge in [0.05, 0.1) is 0 Å². The van der Waals surface area contributed by atoms with Gasteiger partial charge in [0.2, 0.25) is 0 Å². The minimum Gasteiger partial charge on any atom is -0.481 e. The molecule has 0 fully saturated rings. The third-order valence-electron chi connectivity index (χ3n) is 4.14. The number of carboxylic acid groups (broad SMARTS) is 1. The lowest BCUT2D eigenvalue weighted by molar-refractivity contribution is -0.136. The number of nitrogens with one attached hydrogen (secondary N) is 1. The Morgan fingerprint density at radius 3 is 2.52 bits per heavy atom. The molecule has 0 aliphatic rings. The van der Waals surface area contributed by atoms with Crippen LogP contribution in [0.4, 0.5) is 0 Å². The van der Waals surface area contributed by atoms with Crippen LogP contribution in [0.3, 0.4) is 0 Å². The Labute approximate surface area is 160 Å². The van der Waals surface area contributed by atoms with Gasteiger partial charge >= 0.3 is 5.97 Å². The molecule has 0 spiro atoms. The average molecular weight is 391 g/mol. The van der Waals surface area contributed by atoms with Gasteiger partial charge in [-0.2, -0.15) is 17.4 Å². The number of aryl methyl sites for hydroxylation is 1. The number of hydrogen-bond acceptors (Lipinski definition) is 4. The van der Waals surface area contributed by atoms with Crippen LogP contribution in [0.15, 0.2) is 42.7 Å². The maximum atomic E-state index is 12.1. The molecule has 0 bridgehead atoms. The van der Waals surface area contributed by atoms with E-state index in [0.717, 1.165) is 26.6 Å². The summed E-state index contributed by atoms with van der Waals surface area (Å²) >= 11 is 0. The van der Waals surface area contributed by atoms with Gasteiger partial charge in [0, 0.05) is 39.0 Å². The fourth-order valence-corrected chi connectivity index (χ4v) is 3.47. The molecule has 1 atom stereocenters. The quantitative estimate of drug-likeness (QED) is 0.682. The van der Waals surface area contributed by atoms with E-state index in [1.54, 1.807) is 19.3 Å². The number of aliphatic carboxylic acids is 1. The number of hydrogen-bond donors (Lipinski definition) is 2. The van der Waals surface area contributed by atoms with E-state index in [9.17, 15) is 13.2 Å². The first-order valence-electron chi connectivity index (χ1n) is 8.60. The van der Waals surface area contributed by atoms with Gasteiger partial charge in [0.15, 0.2) is 0 Å². The third-order valence-corrected chi connectivity index (χ3v) is 5.75. The van der Waals surface area contributed by atoms with E-state index >= 15 is 0 Å². The van der Waals surface area contributed by atoms with Crippen LogP contribution in [0.25, 0.3) is 0 Å². The Bertz CT molecular complexity index is 883. The Kier molecular flexibility index (Phi) is 7.06. The molecule has 2 aromatic rings. The van der Waals surface area contributed by atoms with Crippen LogP contribution in [0.5, 0.6) is 0 Å². The molecule has 0 saturated heterocycles. The molecule has 0 amide bonds. The molecule has 8 heteroatoms. The van der Waals surface area contributed by atoms with E-state index in [1.165, 1.54) is 14.1 Å². The standard InChI is InChI=1S/C19H25N3O4S/c1-14(21-27(25,26)22(2)3)18-11-15(6-7-19(23)24)9-17(12-18)10-16-5-4-8-20-13-16/h4-5,8-9,11-14,21H,6-7,10H2,1-3H3,(H,23,24). The molecule has 1 aromatic heterocycles. The van der Waals surface area contributed by atoms with Crippen molar-refractivity contribution in [3.05, 3.63) is 65.0 Å². The summed E-state index contributed by atoms with van der Waals surface area (Å²) in [6.07, 6.45) is 4.52. The smallest absolute Gasteiger partial charge is 0.303 e. The summed E-state index contributed by atoms with van der Waals surface area (Å²) in [7, 11) is -0.648. The molecule has 0 aliphatic heterocycles. The summed E-state index contributed by atoms with van der Waals surface area (Å²) in [6, 6.07) is 9.15. The van der Waals surface area contributed by atoms with E-state index in [2.05, 4.69) is 9.71 Å². The van der Waals surface area contributed by atoms with Crippen LogP contribution in [0, 0.1) is 0 Å². The van der Waals surface area contributed by atoms with Gasteiger partial charge in [-0.15, -0.1) is 0 Å². The highest BCUT2D eigenvalue weighted by atomic mass is 32.2. The summed E-state index contributed by atoms with van der Waals surface area (Å²) < 4.78 is 28.0. The molecule has 27 heavy (non-hydrogen) atoms. The van der Waals surface area contributed by atoms with Crippen molar-refractivity contribution in [3.8, 4) is 0 Å². The van der Waals surface area contributed by atoms with Crippen molar-refractivity contribution < 1.29 is 18.3 Å². The highest BCUT2D eigenvalue weighted by Crippen LogP contribution is 2.21. The SMILES string of the molecule is CC(NS(=O)(=O)N(C)C)c1cc(CCC(=O)O)cc(Cc2cccnc2)c1. The fraction of sp³-hybridized carbons (Fsp3) is 0.368. The van der Waals surface area contributed by atoms with Crippen molar-refractivity contribution >= 4 is 16.2 Å². The Balaban J connectivity index is 2.32.